The second-order valence-electron chi connectivity index (χ2n) is 6.37. The van der Waals surface area contributed by atoms with Gasteiger partial charge in [0.15, 0.2) is 5.69 Å². The number of nitrogens with zero attached hydrogens (tertiary/aromatic N) is 3. The van der Waals surface area contributed by atoms with Gasteiger partial charge < -0.3 is 14.7 Å². The van der Waals surface area contributed by atoms with Crippen molar-refractivity contribution < 1.29 is 32.6 Å². The number of benzene rings is 1. The zero-order valence-corrected chi connectivity index (χ0v) is 14.2. The van der Waals surface area contributed by atoms with Gasteiger partial charge in [-0.2, -0.15) is 5.10 Å². The predicted octanol–water partition coefficient (Wildman–Crippen LogP) is 1.69. The van der Waals surface area contributed by atoms with E-state index in [1.807, 2.05) is 7.05 Å². The fraction of sp³-hybridized carbons (Fsp3) is 0.438. The zero-order chi connectivity index (χ0) is 19.8. The third kappa shape index (κ3) is 3.82. The molecule has 2 bridgehead atoms. The number of carbonyl (C=O) groups excluding carboxylic acids is 1. The van der Waals surface area contributed by atoms with Crippen LogP contribution in [-0.2, 0) is 4.79 Å². The maximum absolute atomic E-state index is 12.8. The molecule has 2 N–H and O–H groups in total. The Bertz CT molecular complexity index is 852. The molecule has 8 nitrogen and oxygen atoms in total. The summed E-state index contributed by atoms with van der Waals surface area (Å²) in [6, 6.07) is 4.28. The number of H-pyrrole nitrogens is 1. The molecule has 0 unspecified atom stereocenters. The average molecular weight is 386 g/mol. The van der Waals surface area contributed by atoms with Crippen molar-refractivity contribution in [1.82, 2.24) is 20.0 Å². The number of nitrogens with one attached hydrogen (secondary N) is 1. The van der Waals surface area contributed by atoms with Crippen LogP contribution in [-0.4, -0.2) is 76.1 Å². The Morgan fingerprint density at radius 2 is 2.07 bits per heavy atom. The monoisotopic (exact) mass is 386 g/mol. The number of carbonyl (C=O) groups is 2. The molecule has 2 aliphatic heterocycles. The fourth-order valence-corrected chi connectivity index (χ4v) is 3.60. The van der Waals surface area contributed by atoms with E-state index in [9.17, 15) is 18.0 Å². The summed E-state index contributed by atoms with van der Waals surface area (Å²) < 4.78 is 41.1. The Labute approximate surface area is 151 Å². The lowest BCUT2D eigenvalue weighted by Crippen LogP contribution is -2.47. The van der Waals surface area contributed by atoms with Crippen LogP contribution >= 0.6 is 0 Å². The molecule has 1 aromatic heterocycles. The van der Waals surface area contributed by atoms with E-state index in [-0.39, 0.29) is 29.9 Å². The molecule has 27 heavy (non-hydrogen) atoms. The maximum atomic E-state index is 12.8. The lowest BCUT2D eigenvalue weighted by molar-refractivity contribution is -0.274. The van der Waals surface area contributed by atoms with E-state index in [4.69, 9.17) is 9.90 Å². The van der Waals surface area contributed by atoms with Crippen LogP contribution < -0.4 is 4.74 Å². The molecule has 4 rings (SSSR count). The van der Waals surface area contributed by atoms with Gasteiger partial charge in [0.05, 0.1) is 5.52 Å². The normalized spacial score (nSPS) is 21.9. The number of alkyl halides is 3. The van der Waals surface area contributed by atoms with Gasteiger partial charge in [-0.25, -0.2) is 0 Å². The summed E-state index contributed by atoms with van der Waals surface area (Å²) in [5.41, 5.74) is 0.627. The first kappa shape index (κ1) is 19.0. The van der Waals surface area contributed by atoms with E-state index in [0.717, 1.165) is 13.0 Å². The van der Waals surface area contributed by atoms with Crippen molar-refractivity contribution in [2.75, 3.05) is 20.1 Å². The van der Waals surface area contributed by atoms with Crippen LogP contribution in [0.3, 0.4) is 0 Å². The minimum absolute atomic E-state index is 0.132. The molecule has 0 spiro atoms. The van der Waals surface area contributed by atoms with Gasteiger partial charge in [0.2, 0.25) is 0 Å². The summed E-state index contributed by atoms with van der Waals surface area (Å²) in [4.78, 5) is 25.1. The van der Waals surface area contributed by atoms with Crippen molar-refractivity contribution in [2.24, 2.45) is 0 Å². The van der Waals surface area contributed by atoms with Crippen molar-refractivity contribution in [3.05, 3.63) is 23.9 Å². The lowest BCUT2D eigenvalue weighted by Gasteiger charge is -2.31. The molecule has 0 radical (unpaired) electrons. The Morgan fingerprint density at radius 1 is 1.37 bits per heavy atom. The van der Waals surface area contributed by atoms with E-state index in [1.54, 1.807) is 4.90 Å². The molecule has 3 heterocycles. The summed E-state index contributed by atoms with van der Waals surface area (Å²) in [6.45, 7) is 1.17. The molecule has 0 aliphatic carbocycles. The molecule has 1 aromatic carbocycles. The number of ether oxygens (including phenoxy) is 1. The fourth-order valence-electron chi connectivity index (χ4n) is 3.60. The first-order valence-electron chi connectivity index (χ1n) is 8.06. The number of hydrogen-bond acceptors (Lipinski definition) is 5. The molecule has 1 amide bonds. The number of halogens is 3. The number of aromatic nitrogens is 2. The van der Waals surface area contributed by atoms with Crippen LogP contribution in [0.4, 0.5) is 13.2 Å². The third-order valence-corrected chi connectivity index (χ3v) is 4.75. The van der Waals surface area contributed by atoms with Gasteiger partial charge in [-0.3, -0.25) is 19.6 Å². The van der Waals surface area contributed by atoms with Gasteiger partial charge in [0.25, 0.3) is 12.4 Å². The quantitative estimate of drug-likeness (QED) is 0.763. The van der Waals surface area contributed by atoms with Gasteiger partial charge in [-0.05, 0) is 31.7 Å². The van der Waals surface area contributed by atoms with Crippen LogP contribution in [0.5, 0.6) is 5.75 Å². The number of likely N-dealkylation sites (tertiary alicyclic amines) is 2. The number of amides is 1. The number of fused-ring (bicyclic) bond motifs is 3. The van der Waals surface area contributed by atoms with E-state index >= 15 is 0 Å². The maximum Gasteiger partial charge on any atom is 0.573 e. The number of aromatic amines is 1. The molecule has 2 fully saturated rings. The molecule has 2 saturated heterocycles. The van der Waals surface area contributed by atoms with Gasteiger partial charge in [-0.15, -0.1) is 13.2 Å². The third-order valence-electron chi connectivity index (χ3n) is 4.75. The Balaban J connectivity index is 0.000000659. The first-order chi connectivity index (χ1) is 12.7. The van der Waals surface area contributed by atoms with Crippen LogP contribution in [0.1, 0.15) is 16.9 Å². The predicted molar refractivity (Wildman–Crippen MR) is 87.3 cm³/mol. The smallest absolute Gasteiger partial charge is 0.483 e. The van der Waals surface area contributed by atoms with Crippen molar-refractivity contribution in [3.63, 3.8) is 0 Å². The highest BCUT2D eigenvalue weighted by Crippen LogP contribution is 2.32. The Kier molecular flexibility index (Phi) is 4.96. The highest BCUT2D eigenvalue weighted by molar-refractivity contribution is 6.05. The summed E-state index contributed by atoms with van der Waals surface area (Å²) >= 11 is 0. The van der Waals surface area contributed by atoms with Crippen LogP contribution in [0.15, 0.2) is 18.2 Å². The minimum atomic E-state index is -4.78. The summed E-state index contributed by atoms with van der Waals surface area (Å²) in [5, 5.41) is 13.9. The summed E-state index contributed by atoms with van der Waals surface area (Å²) in [5.74, 6) is -0.626. The van der Waals surface area contributed by atoms with Crippen molar-refractivity contribution in [3.8, 4) is 5.75 Å². The SMILES string of the molecule is CN1C[C@@H]2C[C@H]1CN2C(=O)c1n[nH]c2ccc(OC(F)(F)F)cc12.O=CO. The van der Waals surface area contributed by atoms with Crippen LogP contribution in [0.25, 0.3) is 10.9 Å². The van der Waals surface area contributed by atoms with Crippen molar-refractivity contribution >= 4 is 23.3 Å². The second-order valence-corrected chi connectivity index (χ2v) is 6.37. The minimum Gasteiger partial charge on any atom is -0.483 e. The average Bonchev–Trinajstić information content (AvgIpc) is 3.26. The summed E-state index contributed by atoms with van der Waals surface area (Å²) in [6.07, 6.45) is -3.85. The zero-order valence-electron chi connectivity index (χ0n) is 14.2. The van der Waals surface area contributed by atoms with Crippen LogP contribution in [0.2, 0.25) is 0 Å². The molecule has 146 valence electrons. The second kappa shape index (κ2) is 7.06. The Hall–Kier alpha value is -2.82. The van der Waals surface area contributed by atoms with Crippen molar-refractivity contribution in [1.29, 1.82) is 0 Å². The van der Waals surface area contributed by atoms with Gasteiger partial charge in [0.1, 0.15) is 5.75 Å². The first-order valence-corrected chi connectivity index (χ1v) is 8.06. The van der Waals surface area contributed by atoms with E-state index in [1.165, 1.54) is 18.2 Å². The molecule has 0 saturated carbocycles. The van der Waals surface area contributed by atoms with Gasteiger partial charge in [0, 0.05) is 30.6 Å². The number of hydrogen-bond donors (Lipinski definition) is 2. The summed E-state index contributed by atoms with van der Waals surface area (Å²) in [7, 11) is 2.02. The van der Waals surface area contributed by atoms with Crippen molar-refractivity contribution in [2.45, 2.75) is 24.9 Å². The Morgan fingerprint density at radius 3 is 2.63 bits per heavy atom. The van der Waals surface area contributed by atoms with E-state index in [2.05, 4.69) is 19.8 Å². The standard InChI is InChI=1S/C15H15F3N4O2.CH2O2/c1-21-6-9-4-8(21)7-22(9)14(23)13-11-5-10(24-15(16,17)18)2-3-12(11)19-20-13;2-1-3/h2-3,5,8-9H,4,6-7H2,1H3,(H,19,20);1H,(H,2,3)/t8-,9-;/m0./s1. The highest BCUT2D eigenvalue weighted by Gasteiger charge is 2.44. The number of piperazine rings is 1. The lowest BCUT2D eigenvalue weighted by atomic mass is 10.1. The topological polar surface area (TPSA) is 98.8 Å². The molecule has 2 aliphatic rings. The number of likely N-dealkylation sites (N-methyl/N-ethyl adjacent to an activating group) is 1. The molecule has 11 heteroatoms. The highest BCUT2D eigenvalue weighted by atomic mass is 19.4. The largest absolute Gasteiger partial charge is 0.573 e. The molecule has 2 atom stereocenters. The number of rotatable bonds is 2. The van der Waals surface area contributed by atoms with E-state index < -0.39 is 6.36 Å². The molecular weight excluding hydrogens is 369 g/mol. The van der Waals surface area contributed by atoms with Crippen LogP contribution in [0, 0.1) is 0 Å². The molecule has 2 aromatic rings. The van der Waals surface area contributed by atoms with Gasteiger partial charge in [-0.1, -0.05) is 0 Å². The number of carboxylic acid groups (broad SMARTS) is 1. The van der Waals surface area contributed by atoms with Gasteiger partial charge >= 0.3 is 6.36 Å². The van der Waals surface area contributed by atoms with E-state index in [0.29, 0.717) is 23.5 Å². The molecular formula is C16H17F3N4O4.